The van der Waals surface area contributed by atoms with Gasteiger partial charge in [-0.1, -0.05) is 60.2 Å². The Bertz CT molecular complexity index is 1020. The quantitative estimate of drug-likeness (QED) is 0.623. The summed E-state index contributed by atoms with van der Waals surface area (Å²) in [5.41, 5.74) is 4.22. The summed E-state index contributed by atoms with van der Waals surface area (Å²) in [5.74, 6) is -0.757. The zero-order valence-electron chi connectivity index (χ0n) is 17.6. The van der Waals surface area contributed by atoms with Crippen LogP contribution in [0.5, 0.6) is 0 Å². The van der Waals surface area contributed by atoms with Gasteiger partial charge in [0.1, 0.15) is 5.69 Å². The molecule has 3 aromatic rings. The molecule has 0 atom stereocenters. The van der Waals surface area contributed by atoms with Crippen LogP contribution in [0.1, 0.15) is 21.6 Å². The Labute approximate surface area is 181 Å². The van der Waals surface area contributed by atoms with Gasteiger partial charge in [-0.25, -0.2) is 4.79 Å². The molecular weight excluding hydrogens is 392 g/mol. The topological polar surface area (TPSA) is 78.5 Å². The maximum absolute atomic E-state index is 12.5. The third-order valence-electron chi connectivity index (χ3n) is 5.45. The Hall–Kier alpha value is -3.45. The highest BCUT2D eigenvalue weighted by Gasteiger charge is 2.22. The zero-order chi connectivity index (χ0) is 21.6. The molecular formula is C24H26N4O3. The Morgan fingerprint density at radius 2 is 1.71 bits per heavy atom. The van der Waals surface area contributed by atoms with Gasteiger partial charge in [0.25, 0.3) is 5.91 Å². The highest BCUT2D eigenvalue weighted by molar-refractivity contribution is 5.90. The molecule has 7 heteroatoms. The molecule has 2 aromatic carbocycles. The van der Waals surface area contributed by atoms with Gasteiger partial charge in [0.05, 0.1) is 5.69 Å². The number of hydrogen-bond acceptors (Lipinski definition) is 5. The second kappa shape index (κ2) is 9.57. The summed E-state index contributed by atoms with van der Waals surface area (Å²) in [6, 6.07) is 19.8. The minimum atomic E-state index is -0.582. The van der Waals surface area contributed by atoms with E-state index in [0.717, 1.165) is 30.8 Å². The van der Waals surface area contributed by atoms with Crippen LogP contribution >= 0.6 is 0 Å². The molecule has 7 nitrogen and oxygen atoms in total. The number of hydrogen-bond donors (Lipinski definition) is 1. The van der Waals surface area contributed by atoms with Crippen molar-refractivity contribution >= 4 is 11.9 Å². The molecule has 1 aromatic heterocycles. The summed E-state index contributed by atoms with van der Waals surface area (Å²) in [5, 5.41) is 6.86. The lowest BCUT2D eigenvalue weighted by atomic mass is 10.1. The highest BCUT2D eigenvalue weighted by Crippen LogP contribution is 2.18. The largest absolute Gasteiger partial charge is 0.451 e. The number of amides is 1. The predicted octanol–water partition coefficient (Wildman–Crippen LogP) is 2.89. The molecule has 0 bridgehead atoms. The normalized spacial score (nSPS) is 14.4. The van der Waals surface area contributed by atoms with Gasteiger partial charge in [0.2, 0.25) is 0 Å². The Kier molecular flexibility index (Phi) is 6.43. The SMILES string of the molecule is Cc1ccc(-c2cc(C(=O)OCC(=O)N3CCN(Cc4ccccc4)CC3)[nH]n2)cc1. The molecule has 1 saturated heterocycles. The number of aryl methyl sites for hydroxylation is 1. The number of nitrogens with one attached hydrogen (secondary N) is 1. The molecule has 1 N–H and O–H groups in total. The lowest BCUT2D eigenvalue weighted by Crippen LogP contribution is -2.49. The molecule has 0 saturated carbocycles. The standard InChI is InChI=1S/C24H26N4O3/c1-18-7-9-20(10-8-18)21-15-22(26-25-21)24(30)31-17-23(29)28-13-11-27(12-14-28)16-19-5-3-2-4-6-19/h2-10,15H,11-14,16-17H2,1H3,(H,25,26). The van der Waals surface area contributed by atoms with E-state index in [1.54, 1.807) is 11.0 Å². The highest BCUT2D eigenvalue weighted by atomic mass is 16.5. The van der Waals surface area contributed by atoms with E-state index in [4.69, 9.17) is 4.74 Å². The van der Waals surface area contributed by atoms with E-state index in [1.807, 2.05) is 49.4 Å². The molecule has 31 heavy (non-hydrogen) atoms. The number of carbonyl (C=O) groups excluding carboxylic acids is 2. The summed E-state index contributed by atoms with van der Waals surface area (Å²) in [6.45, 7) is 5.48. The van der Waals surface area contributed by atoms with Crippen LogP contribution < -0.4 is 0 Å². The maximum atomic E-state index is 12.5. The molecule has 4 rings (SSSR count). The van der Waals surface area contributed by atoms with Crippen molar-refractivity contribution in [3.8, 4) is 11.3 Å². The van der Waals surface area contributed by atoms with Crippen molar-refractivity contribution in [2.45, 2.75) is 13.5 Å². The van der Waals surface area contributed by atoms with Crippen LogP contribution in [-0.4, -0.2) is 64.7 Å². The fourth-order valence-corrected chi connectivity index (χ4v) is 3.59. The zero-order valence-corrected chi connectivity index (χ0v) is 17.6. The first-order chi connectivity index (χ1) is 15.1. The minimum absolute atomic E-state index is 0.175. The van der Waals surface area contributed by atoms with E-state index in [9.17, 15) is 9.59 Å². The van der Waals surface area contributed by atoms with Crippen molar-refractivity contribution in [2.75, 3.05) is 32.8 Å². The smallest absolute Gasteiger partial charge is 0.356 e. The summed E-state index contributed by atoms with van der Waals surface area (Å²) >= 11 is 0. The van der Waals surface area contributed by atoms with Crippen molar-refractivity contribution in [2.24, 2.45) is 0 Å². The number of ether oxygens (including phenoxy) is 1. The van der Waals surface area contributed by atoms with Crippen LogP contribution in [-0.2, 0) is 16.1 Å². The van der Waals surface area contributed by atoms with E-state index < -0.39 is 5.97 Å². The first-order valence-electron chi connectivity index (χ1n) is 10.4. The lowest BCUT2D eigenvalue weighted by molar-refractivity contribution is -0.136. The van der Waals surface area contributed by atoms with Gasteiger partial charge in [-0.3, -0.25) is 14.8 Å². The molecule has 1 aliphatic heterocycles. The summed E-state index contributed by atoms with van der Waals surface area (Å²) in [6.07, 6.45) is 0. The van der Waals surface area contributed by atoms with Crippen molar-refractivity contribution in [3.05, 3.63) is 77.5 Å². The van der Waals surface area contributed by atoms with E-state index >= 15 is 0 Å². The van der Waals surface area contributed by atoms with Crippen LogP contribution in [0.4, 0.5) is 0 Å². The molecule has 0 unspecified atom stereocenters. The number of esters is 1. The number of H-pyrrole nitrogens is 1. The Morgan fingerprint density at radius 1 is 1.00 bits per heavy atom. The summed E-state index contributed by atoms with van der Waals surface area (Å²) in [4.78, 5) is 28.8. The molecule has 160 valence electrons. The minimum Gasteiger partial charge on any atom is -0.451 e. The number of aromatic nitrogens is 2. The summed E-state index contributed by atoms with van der Waals surface area (Å²) < 4.78 is 5.22. The first-order valence-corrected chi connectivity index (χ1v) is 10.4. The van der Waals surface area contributed by atoms with Gasteiger partial charge in [0.15, 0.2) is 6.61 Å². The number of rotatable bonds is 6. The van der Waals surface area contributed by atoms with Crippen molar-refractivity contribution < 1.29 is 14.3 Å². The van der Waals surface area contributed by atoms with Crippen LogP contribution in [0, 0.1) is 6.92 Å². The lowest BCUT2D eigenvalue weighted by Gasteiger charge is -2.34. The average molecular weight is 418 g/mol. The molecule has 0 radical (unpaired) electrons. The van der Waals surface area contributed by atoms with Crippen molar-refractivity contribution in [1.82, 2.24) is 20.0 Å². The van der Waals surface area contributed by atoms with Crippen molar-refractivity contribution in [1.29, 1.82) is 0 Å². The number of benzene rings is 2. The number of aromatic amines is 1. The Morgan fingerprint density at radius 3 is 2.42 bits per heavy atom. The van der Waals surface area contributed by atoms with Gasteiger partial charge in [-0.15, -0.1) is 0 Å². The van der Waals surface area contributed by atoms with Gasteiger partial charge in [0, 0.05) is 38.3 Å². The molecule has 0 aliphatic carbocycles. The van der Waals surface area contributed by atoms with Crippen molar-refractivity contribution in [3.63, 3.8) is 0 Å². The molecule has 1 fully saturated rings. The third-order valence-corrected chi connectivity index (χ3v) is 5.45. The van der Waals surface area contributed by atoms with Crippen LogP contribution in [0.15, 0.2) is 60.7 Å². The van der Waals surface area contributed by atoms with E-state index in [-0.39, 0.29) is 18.2 Å². The third kappa shape index (κ3) is 5.38. The maximum Gasteiger partial charge on any atom is 0.356 e. The number of nitrogens with zero attached hydrogens (tertiary/aromatic N) is 3. The second-order valence-corrected chi connectivity index (χ2v) is 7.75. The molecule has 1 amide bonds. The molecule has 1 aliphatic rings. The van der Waals surface area contributed by atoms with E-state index in [0.29, 0.717) is 18.8 Å². The van der Waals surface area contributed by atoms with Crippen LogP contribution in [0.3, 0.4) is 0 Å². The molecule has 2 heterocycles. The number of piperazine rings is 1. The predicted molar refractivity (Wildman–Crippen MR) is 117 cm³/mol. The average Bonchev–Trinajstić information content (AvgIpc) is 3.29. The monoisotopic (exact) mass is 418 g/mol. The Balaban J connectivity index is 1.24. The fourth-order valence-electron chi connectivity index (χ4n) is 3.59. The van der Waals surface area contributed by atoms with E-state index in [1.165, 1.54) is 5.56 Å². The number of carbonyl (C=O) groups is 2. The fraction of sp³-hybridized carbons (Fsp3) is 0.292. The van der Waals surface area contributed by atoms with Gasteiger partial charge in [-0.2, -0.15) is 5.10 Å². The molecule has 0 spiro atoms. The van der Waals surface area contributed by atoms with Crippen LogP contribution in [0.25, 0.3) is 11.3 Å². The van der Waals surface area contributed by atoms with Gasteiger partial charge in [-0.05, 0) is 18.6 Å². The second-order valence-electron chi connectivity index (χ2n) is 7.75. The van der Waals surface area contributed by atoms with Gasteiger partial charge < -0.3 is 9.64 Å². The van der Waals surface area contributed by atoms with Crippen LogP contribution in [0.2, 0.25) is 0 Å². The van der Waals surface area contributed by atoms with E-state index in [2.05, 4.69) is 27.2 Å². The first kappa shape index (κ1) is 20.8. The van der Waals surface area contributed by atoms with Gasteiger partial charge >= 0.3 is 5.97 Å². The summed E-state index contributed by atoms with van der Waals surface area (Å²) in [7, 11) is 0.